The molecule has 11 heavy (non-hydrogen) atoms. The van der Waals surface area contributed by atoms with Crippen molar-refractivity contribution in [1.29, 1.82) is 0 Å². The average Bonchev–Trinajstić information content (AvgIpc) is 1.99. The van der Waals surface area contributed by atoms with Gasteiger partial charge in [-0.1, -0.05) is 20.3 Å². The van der Waals surface area contributed by atoms with Crippen molar-refractivity contribution in [2.75, 3.05) is 19.6 Å². The van der Waals surface area contributed by atoms with Gasteiger partial charge in [0.05, 0.1) is 0 Å². The van der Waals surface area contributed by atoms with E-state index < -0.39 is 0 Å². The van der Waals surface area contributed by atoms with E-state index in [2.05, 4.69) is 31.4 Å². The highest BCUT2D eigenvalue weighted by Gasteiger charge is 1.96. The van der Waals surface area contributed by atoms with E-state index in [9.17, 15) is 0 Å². The first kappa shape index (κ1) is 10.9. The minimum absolute atomic E-state index is 0.608. The van der Waals surface area contributed by atoms with Gasteiger partial charge in [0, 0.05) is 12.6 Å². The molecular formula is C9H22N2. The molecule has 0 aliphatic rings. The fourth-order valence-corrected chi connectivity index (χ4v) is 1.04. The van der Waals surface area contributed by atoms with E-state index in [1.807, 2.05) is 0 Å². The molecule has 0 aromatic heterocycles. The van der Waals surface area contributed by atoms with Gasteiger partial charge in [0.15, 0.2) is 0 Å². The van der Waals surface area contributed by atoms with Gasteiger partial charge in [0.1, 0.15) is 0 Å². The molecule has 0 aliphatic carbocycles. The Morgan fingerprint density at radius 1 is 1.27 bits per heavy atom. The molecule has 2 nitrogen and oxygen atoms in total. The zero-order valence-electron chi connectivity index (χ0n) is 8.11. The van der Waals surface area contributed by atoms with Gasteiger partial charge in [0.25, 0.3) is 0 Å². The third kappa shape index (κ3) is 7.82. The minimum Gasteiger partial charge on any atom is -0.315 e. The Morgan fingerprint density at radius 3 is 2.55 bits per heavy atom. The molecule has 0 spiro atoms. The lowest BCUT2D eigenvalue weighted by atomic mass is 10.3. The predicted molar refractivity (Wildman–Crippen MR) is 50.9 cm³/mol. The summed E-state index contributed by atoms with van der Waals surface area (Å²) in [4.78, 5) is 0. The topological polar surface area (TPSA) is 24.1 Å². The van der Waals surface area contributed by atoms with Crippen molar-refractivity contribution in [2.45, 2.75) is 39.7 Å². The molecule has 0 fully saturated rings. The molecule has 0 aliphatic heterocycles. The van der Waals surface area contributed by atoms with Crippen molar-refractivity contribution in [3.05, 3.63) is 0 Å². The molecule has 68 valence electrons. The van der Waals surface area contributed by atoms with Crippen molar-refractivity contribution >= 4 is 0 Å². The molecule has 0 saturated heterocycles. The van der Waals surface area contributed by atoms with E-state index in [1.54, 1.807) is 0 Å². The molecule has 1 atom stereocenters. The SMILES string of the molecule is CCCCNCC(C)NCC. The van der Waals surface area contributed by atoms with E-state index in [4.69, 9.17) is 0 Å². The number of hydrogen-bond acceptors (Lipinski definition) is 2. The zero-order valence-corrected chi connectivity index (χ0v) is 8.11. The Labute approximate surface area is 70.8 Å². The van der Waals surface area contributed by atoms with Crippen molar-refractivity contribution < 1.29 is 0 Å². The van der Waals surface area contributed by atoms with Gasteiger partial charge in [-0.2, -0.15) is 0 Å². The molecule has 2 heteroatoms. The van der Waals surface area contributed by atoms with Crippen LogP contribution in [0.2, 0.25) is 0 Å². The van der Waals surface area contributed by atoms with Gasteiger partial charge in [-0.25, -0.2) is 0 Å². The lowest BCUT2D eigenvalue weighted by molar-refractivity contribution is 0.509. The van der Waals surface area contributed by atoms with Crippen LogP contribution in [-0.2, 0) is 0 Å². The summed E-state index contributed by atoms with van der Waals surface area (Å²) in [6, 6.07) is 0.608. The Kier molecular flexibility index (Phi) is 7.96. The predicted octanol–water partition coefficient (Wildman–Crippen LogP) is 1.37. The summed E-state index contributed by atoms with van der Waals surface area (Å²) in [5.74, 6) is 0. The maximum Gasteiger partial charge on any atom is 0.0164 e. The third-order valence-electron chi connectivity index (χ3n) is 1.71. The summed E-state index contributed by atoms with van der Waals surface area (Å²) in [5.41, 5.74) is 0. The van der Waals surface area contributed by atoms with Crippen molar-refractivity contribution in [1.82, 2.24) is 10.6 Å². The Bertz CT molecular complexity index is 74.0. The minimum atomic E-state index is 0.608. The van der Waals surface area contributed by atoms with Crippen LogP contribution in [0.4, 0.5) is 0 Å². The fraction of sp³-hybridized carbons (Fsp3) is 1.00. The van der Waals surface area contributed by atoms with Crippen LogP contribution in [0.5, 0.6) is 0 Å². The smallest absolute Gasteiger partial charge is 0.0164 e. The Morgan fingerprint density at radius 2 is 2.00 bits per heavy atom. The number of likely N-dealkylation sites (N-methyl/N-ethyl adjacent to an activating group) is 1. The monoisotopic (exact) mass is 158 g/mol. The molecule has 0 aromatic rings. The first-order chi connectivity index (χ1) is 5.31. The maximum absolute atomic E-state index is 3.41. The second-order valence-corrected chi connectivity index (χ2v) is 3.02. The van der Waals surface area contributed by atoms with Crippen LogP contribution in [0.3, 0.4) is 0 Å². The Hall–Kier alpha value is -0.0800. The second-order valence-electron chi connectivity index (χ2n) is 3.02. The molecule has 0 bridgehead atoms. The van der Waals surface area contributed by atoms with Gasteiger partial charge in [-0.15, -0.1) is 0 Å². The normalized spacial score (nSPS) is 13.4. The van der Waals surface area contributed by atoms with E-state index >= 15 is 0 Å². The molecule has 2 N–H and O–H groups in total. The standard InChI is InChI=1S/C9H22N2/c1-4-6-7-10-8-9(3)11-5-2/h9-11H,4-8H2,1-3H3. The Balaban J connectivity index is 2.97. The quantitative estimate of drug-likeness (QED) is 0.547. The van der Waals surface area contributed by atoms with Crippen molar-refractivity contribution in [3.8, 4) is 0 Å². The lowest BCUT2D eigenvalue weighted by Gasteiger charge is -2.12. The van der Waals surface area contributed by atoms with Gasteiger partial charge in [0.2, 0.25) is 0 Å². The molecule has 0 heterocycles. The fourth-order valence-electron chi connectivity index (χ4n) is 1.04. The molecule has 0 amide bonds. The molecule has 0 saturated carbocycles. The van der Waals surface area contributed by atoms with Crippen LogP contribution >= 0.6 is 0 Å². The summed E-state index contributed by atoms with van der Waals surface area (Å²) in [5, 5.41) is 6.77. The first-order valence-electron chi connectivity index (χ1n) is 4.75. The van der Waals surface area contributed by atoms with Gasteiger partial charge < -0.3 is 10.6 Å². The maximum atomic E-state index is 3.41. The van der Waals surface area contributed by atoms with Gasteiger partial charge >= 0.3 is 0 Å². The van der Waals surface area contributed by atoms with Crippen LogP contribution < -0.4 is 10.6 Å². The highest BCUT2D eigenvalue weighted by molar-refractivity contribution is 4.61. The molecule has 0 rings (SSSR count). The number of rotatable bonds is 7. The molecular weight excluding hydrogens is 136 g/mol. The average molecular weight is 158 g/mol. The lowest BCUT2D eigenvalue weighted by Crippen LogP contribution is -2.36. The van der Waals surface area contributed by atoms with Crippen LogP contribution in [0, 0.1) is 0 Å². The summed E-state index contributed by atoms with van der Waals surface area (Å²) in [6.07, 6.45) is 2.57. The van der Waals surface area contributed by atoms with Crippen LogP contribution in [0.15, 0.2) is 0 Å². The van der Waals surface area contributed by atoms with E-state index in [0.717, 1.165) is 19.6 Å². The highest BCUT2D eigenvalue weighted by atomic mass is 15.0. The molecule has 1 unspecified atom stereocenters. The van der Waals surface area contributed by atoms with E-state index in [-0.39, 0.29) is 0 Å². The van der Waals surface area contributed by atoms with Crippen molar-refractivity contribution in [2.24, 2.45) is 0 Å². The van der Waals surface area contributed by atoms with Crippen LogP contribution in [0.1, 0.15) is 33.6 Å². The van der Waals surface area contributed by atoms with E-state index in [0.29, 0.717) is 6.04 Å². The van der Waals surface area contributed by atoms with Gasteiger partial charge in [-0.3, -0.25) is 0 Å². The van der Waals surface area contributed by atoms with Crippen molar-refractivity contribution in [3.63, 3.8) is 0 Å². The molecule has 0 aromatic carbocycles. The zero-order chi connectivity index (χ0) is 8.53. The van der Waals surface area contributed by atoms with Crippen LogP contribution in [-0.4, -0.2) is 25.7 Å². The third-order valence-corrected chi connectivity index (χ3v) is 1.71. The summed E-state index contributed by atoms with van der Waals surface area (Å²) >= 11 is 0. The highest BCUT2D eigenvalue weighted by Crippen LogP contribution is 1.83. The van der Waals surface area contributed by atoms with Crippen LogP contribution in [0.25, 0.3) is 0 Å². The summed E-state index contributed by atoms with van der Waals surface area (Å²) in [7, 11) is 0. The van der Waals surface area contributed by atoms with E-state index in [1.165, 1.54) is 12.8 Å². The molecule has 0 radical (unpaired) electrons. The second kappa shape index (κ2) is 8.02. The first-order valence-corrected chi connectivity index (χ1v) is 4.75. The number of nitrogens with one attached hydrogen (secondary N) is 2. The van der Waals surface area contributed by atoms with Gasteiger partial charge in [-0.05, 0) is 26.4 Å². The number of hydrogen-bond donors (Lipinski definition) is 2. The largest absolute Gasteiger partial charge is 0.315 e. The number of unbranched alkanes of at least 4 members (excludes halogenated alkanes) is 1. The summed E-state index contributed by atoms with van der Waals surface area (Å²) in [6.45, 7) is 9.89. The summed E-state index contributed by atoms with van der Waals surface area (Å²) < 4.78 is 0.